The SMILES string of the molecule is FCCCCCCCCCCC1CCC(C2CCC(C3CCC(CF)CC3)CC2)CC1. The van der Waals surface area contributed by atoms with E-state index < -0.39 is 0 Å². The largest absolute Gasteiger partial charge is 0.251 e. The van der Waals surface area contributed by atoms with Crippen molar-refractivity contribution in [3.63, 3.8) is 0 Å². The van der Waals surface area contributed by atoms with Gasteiger partial charge in [-0.25, -0.2) is 0 Å². The molecular weight excluding hydrogens is 386 g/mol. The van der Waals surface area contributed by atoms with Crippen molar-refractivity contribution in [1.82, 2.24) is 0 Å². The molecule has 0 atom stereocenters. The van der Waals surface area contributed by atoms with Crippen molar-refractivity contribution in [2.24, 2.45) is 35.5 Å². The van der Waals surface area contributed by atoms with E-state index >= 15 is 0 Å². The zero-order valence-corrected chi connectivity index (χ0v) is 20.5. The summed E-state index contributed by atoms with van der Waals surface area (Å²) in [4.78, 5) is 0. The molecular formula is C29H52F2. The number of hydrogen-bond acceptors (Lipinski definition) is 0. The lowest BCUT2D eigenvalue weighted by molar-refractivity contribution is 0.0998. The van der Waals surface area contributed by atoms with E-state index in [1.165, 1.54) is 109 Å². The molecule has 0 bridgehead atoms. The summed E-state index contributed by atoms with van der Waals surface area (Å²) < 4.78 is 25.0. The second kappa shape index (κ2) is 14.9. The highest BCUT2D eigenvalue weighted by Gasteiger charge is 2.34. The molecule has 0 radical (unpaired) electrons. The summed E-state index contributed by atoms with van der Waals surface area (Å²) in [5.41, 5.74) is 0. The van der Waals surface area contributed by atoms with Gasteiger partial charge in [-0.05, 0) is 106 Å². The van der Waals surface area contributed by atoms with Crippen LogP contribution in [0.5, 0.6) is 0 Å². The molecule has 0 heterocycles. The van der Waals surface area contributed by atoms with Gasteiger partial charge in [0.15, 0.2) is 0 Å². The fourth-order valence-electron chi connectivity index (χ4n) is 7.44. The van der Waals surface area contributed by atoms with Crippen molar-refractivity contribution < 1.29 is 8.78 Å². The first-order chi connectivity index (χ1) is 15.3. The Morgan fingerprint density at radius 2 is 0.742 bits per heavy atom. The standard InChI is InChI=1S/C29H52F2/c30-22-8-6-4-2-1-3-5-7-9-24-10-14-26(15-11-24)28-18-20-29(21-19-28)27-16-12-25(23-31)13-17-27/h24-29H,1-23H2. The minimum atomic E-state index is -0.132. The predicted octanol–water partition coefficient (Wildman–Crippen LogP) is 9.86. The van der Waals surface area contributed by atoms with Gasteiger partial charge in [0.05, 0.1) is 13.3 Å². The van der Waals surface area contributed by atoms with Crippen molar-refractivity contribution in [1.29, 1.82) is 0 Å². The molecule has 0 aromatic carbocycles. The topological polar surface area (TPSA) is 0 Å². The third-order valence-electron chi connectivity index (χ3n) is 9.65. The van der Waals surface area contributed by atoms with Gasteiger partial charge in [0.1, 0.15) is 0 Å². The molecule has 0 spiro atoms. The Morgan fingerprint density at radius 3 is 1.16 bits per heavy atom. The first kappa shape index (κ1) is 25.5. The number of unbranched alkanes of at least 4 members (excludes halogenated alkanes) is 7. The van der Waals surface area contributed by atoms with Crippen LogP contribution in [0.15, 0.2) is 0 Å². The molecule has 3 saturated carbocycles. The van der Waals surface area contributed by atoms with E-state index in [0.717, 1.165) is 55.3 Å². The smallest absolute Gasteiger partial charge is 0.0922 e. The average molecular weight is 439 g/mol. The third-order valence-corrected chi connectivity index (χ3v) is 9.65. The van der Waals surface area contributed by atoms with Gasteiger partial charge in [0, 0.05) is 0 Å². The van der Waals surface area contributed by atoms with Crippen LogP contribution in [-0.2, 0) is 0 Å². The van der Waals surface area contributed by atoms with Crippen molar-refractivity contribution >= 4 is 0 Å². The van der Waals surface area contributed by atoms with E-state index in [2.05, 4.69) is 0 Å². The minimum absolute atomic E-state index is 0.0786. The van der Waals surface area contributed by atoms with Crippen LogP contribution in [0, 0.1) is 35.5 Å². The van der Waals surface area contributed by atoms with Crippen molar-refractivity contribution in [3.8, 4) is 0 Å². The van der Waals surface area contributed by atoms with Crippen molar-refractivity contribution in [2.45, 2.75) is 135 Å². The molecule has 3 aliphatic carbocycles. The monoisotopic (exact) mass is 438 g/mol. The molecule has 3 aliphatic rings. The van der Waals surface area contributed by atoms with Crippen LogP contribution in [0.4, 0.5) is 8.78 Å². The van der Waals surface area contributed by atoms with E-state index in [0.29, 0.717) is 5.92 Å². The van der Waals surface area contributed by atoms with Crippen LogP contribution < -0.4 is 0 Å². The molecule has 0 nitrogen and oxygen atoms in total. The summed E-state index contributed by atoms with van der Waals surface area (Å²) in [6, 6.07) is 0. The normalized spacial score (nSPS) is 34.6. The van der Waals surface area contributed by atoms with Gasteiger partial charge in [0.2, 0.25) is 0 Å². The minimum Gasteiger partial charge on any atom is -0.251 e. The molecule has 0 amide bonds. The Bertz CT molecular complexity index is 426. The Kier molecular flexibility index (Phi) is 12.2. The second-order valence-electron chi connectivity index (χ2n) is 11.7. The summed E-state index contributed by atoms with van der Waals surface area (Å²) >= 11 is 0. The van der Waals surface area contributed by atoms with Crippen LogP contribution in [0.25, 0.3) is 0 Å². The molecule has 0 aromatic heterocycles. The fraction of sp³-hybridized carbons (Fsp3) is 1.00. The Labute approximate surface area is 192 Å². The first-order valence-electron chi connectivity index (χ1n) is 14.4. The van der Waals surface area contributed by atoms with Gasteiger partial charge >= 0.3 is 0 Å². The van der Waals surface area contributed by atoms with E-state index in [-0.39, 0.29) is 13.3 Å². The summed E-state index contributed by atoms with van der Waals surface area (Å²) in [6.07, 6.45) is 28.4. The number of halogens is 2. The van der Waals surface area contributed by atoms with Crippen molar-refractivity contribution in [3.05, 3.63) is 0 Å². The quantitative estimate of drug-likeness (QED) is 0.251. The average Bonchev–Trinajstić information content (AvgIpc) is 2.83. The zero-order chi connectivity index (χ0) is 21.7. The van der Waals surface area contributed by atoms with Crippen LogP contribution in [-0.4, -0.2) is 13.3 Å². The van der Waals surface area contributed by atoms with Crippen LogP contribution in [0.2, 0.25) is 0 Å². The fourth-order valence-corrected chi connectivity index (χ4v) is 7.44. The van der Waals surface area contributed by atoms with Gasteiger partial charge in [-0.2, -0.15) is 0 Å². The molecule has 0 unspecified atom stereocenters. The molecule has 3 rings (SSSR count). The lowest BCUT2D eigenvalue weighted by Gasteiger charge is -2.41. The number of alkyl halides is 2. The molecule has 182 valence electrons. The summed E-state index contributed by atoms with van der Waals surface area (Å²) in [5.74, 6) is 5.36. The van der Waals surface area contributed by atoms with Gasteiger partial charge in [-0.15, -0.1) is 0 Å². The molecule has 31 heavy (non-hydrogen) atoms. The highest BCUT2D eigenvalue weighted by molar-refractivity contribution is 4.85. The van der Waals surface area contributed by atoms with Gasteiger partial charge in [-0.3, -0.25) is 8.78 Å². The van der Waals surface area contributed by atoms with E-state index in [4.69, 9.17) is 0 Å². The van der Waals surface area contributed by atoms with E-state index in [1.54, 1.807) is 0 Å². The lowest BCUT2D eigenvalue weighted by Crippen LogP contribution is -2.30. The van der Waals surface area contributed by atoms with Crippen LogP contribution in [0.3, 0.4) is 0 Å². The Morgan fingerprint density at radius 1 is 0.387 bits per heavy atom. The van der Waals surface area contributed by atoms with E-state index in [1.807, 2.05) is 0 Å². The third kappa shape index (κ3) is 8.96. The molecule has 3 fully saturated rings. The summed E-state index contributed by atoms with van der Waals surface area (Å²) in [7, 11) is 0. The molecule has 0 aromatic rings. The maximum Gasteiger partial charge on any atom is 0.0922 e. The molecule has 0 aliphatic heterocycles. The van der Waals surface area contributed by atoms with Crippen molar-refractivity contribution in [2.75, 3.05) is 13.3 Å². The van der Waals surface area contributed by atoms with Gasteiger partial charge < -0.3 is 0 Å². The maximum atomic E-state index is 12.9. The summed E-state index contributed by atoms with van der Waals surface area (Å²) in [6.45, 7) is -0.211. The zero-order valence-electron chi connectivity index (χ0n) is 20.5. The molecule has 0 N–H and O–H groups in total. The van der Waals surface area contributed by atoms with Gasteiger partial charge in [0.25, 0.3) is 0 Å². The van der Waals surface area contributed by atoms with Crippen LogP contribution >= 0.6 is 0 Å². The highest BCUT2D eigenvalue weighted by atomic mass is 19.1. The molecule has 2 heteroatoms. The predicted molar refractivity (Wildman–Crippen MR) is 130 cm³/mol. The van der Waals surface area contributed by atoms with Crippen LogP contribution in [0.1, 0.15) is 135 Å². The van der Waals surface area contributed by atoms with Gasteiger partial charge in [-0.1, -0.05) is 64.2 Å². The maximum absolute atomic E-state index is 12.9. The number of hydrogen-bond donors (Lipinski definition) is 0. The first-order valence-corrected chi connectivity index (χ1v) is 14.4. The summed E-state index contributed by atoms with van der Waals surface area (Å²) in [5, 5.41) is 0. The van der Waals surface area contributed by atoms with E-state index in [9.17, 15) is 8.78 Å². The number of rotatable bonds is 13. The highest BCUT2D eigenvalue weighted by Crippen LogP contribution is 2.46. The Balaban J connectivity index is 1.19. The Hall–Kier alpha value is -0.140. The second-order valence-corrected chi connectivity index (χ2v) is 11.7. The lowest BCUT2D eigenvalue weighted by atomic mass is 9.65. The molecule has 0 saturated heterocycles.